The number of hydrogen-bond acceptors (Lipinski definition) is 1. The fourth-order valence-corrected chi connectivity index (χ4v) is 2.42. The molecule has 0 aromatic heterocycles. The zero-order valence-electron chi connectivity index (χ0n) is 9.70. The first-order valence-electron chi connectivity index (χ1n) is 5.83. The number of rotatable bonds is 1. The van der Waals surface area contributed by atoms with Crippen molar-refractivity contribution >= 4 is 0 Å². The van der Waals surface area contributed by atoms with E-state index in [1.807, 2.05) is 6.07 Å². The average Bonchev–Trinajstić information content (AvgIpc) is 2.75. The maximum atomic E-state index is 13.9. The van der Waals surface area contributed by atoms with Gasteiger partial charge >= 0.3 is 0 Å². The van der Waals surface area contributed by atoms with Gasteiger partial charge < -0.3 is 5.32 Å². The number of hydrogen-bond donors (Lipinski definition) is 1. The Morgan fingerprint density at radius 2 is 1.88 bits per heavy atom. The van der Waals surface area contributed by atoms with Gasteiger partial charge in [-0.15, -0.1) is 0 Å². The summed E-state index contributed by atoms with van der Waals surface area (Å²) in [6.45, 7) is 2.80. The maximum absolute atomic E-state index is 13.9. The average molecular weight is 227 g/mol. The van der Waals surface area contributed by atoms with Crippen LogP contribution < -0.4 is 5.32 Å². The van der Waals surface area contributed by atoms with Crippen LogP contribution in [0.3, 0.4) is 0 Å². The van der Waals surface area contributed by atoms with Crippen LogP contribution >= 0.6 is 0 Å². The zero-order chi connectivity index (χ0) is 11.8. The molecule has 0 saturated heterocycles. The fourth-order valence-electron chi connectivity index (χ4n) is 2.42. The molecule has 2 aromatic rings. The molecule has 1 atom stereocenters. The van der Waals surface area contributed by atoms with E-state index in [2.05, 4.69) is 36.5 Å². The lowest BCUT2D eigenvalue weighted by molar-refractivity contribution is 0.586. The summed E-state index contributed by atoms with van der Waals surface area (Å²) in [4.78, 5) is 0. The lowest BCUT2D eigenvalue weighted by atomic mass is 9.97. The molecule has 1 heterocycles. The topological polar surface area (TPSA) is 12.0 Å². The van der Waals surface area contributed by atoms with Crippen molar-refractivity contribution in [1.82, 2.24) is 5.32 Å². The molecule has 1 unspecified atom stereocenters. The van der Waals surface area contributed by atoms with Crippen molar-refractivity contribution in [2.75, 3.05) is 0 Å². The monoisotopic (exact) mass is 227 g/mol. The SMILES string of the molecule is Cc1ccc(C2NCc3cccc(F)c32)cc1. The molecule has 0 saturated carbocycles. The van der Waals surface area contributed by atoms with E-state index in [0.29, 0.717) is 0 Å². The van der Waals surface area contributed by atoms with Crippen LogP contribution in [-0.2, 0) is 6.54 Å². The number of halogens is 1. The maximum Gasteiger partial charge on any atom is 0.128 e. The zero-order valence-corrected chi connectivity index (χ0v) is 9.70. The van der Waals surface area contributed by atoms with E-state index < -0.39 is 0 Å². The van der Waals surface area contributed by atoms with Crippen molar-refractivity contribution < 1.29 is 4.39 Å². The summed E-state index contributed by atoms with van der Waals surface area (Å²) >= 11 is 0. The third kappa shape index (κ3) is 1.75. The largest absolute Gasteiger partial charge is 0.302 e. The minimum atomic E-state index is -0.113. The molecule has 2 aromatic carbocycles. The summed E-state index contributed by atoms with van der Waals surface area (Å²) in [5.41, 5.74) is 4.21. The molecule has 0 radical (unpaired) electrons. The second-order valence-electron chi connectivity index (χ2n) is 4.54. The van der Waals surface area contributed by atoms with Gasteiger partial charge in [0, 0.05) is 12.1 Å². The number of benzene rings is 2. The summed E-state index contributed by atoms with van der Waals surface area (Å²) in [5, 5.41) is 3.36. The van der Waals surface area contributed by atoms with Crippen molar-refractivity contribution in [3.63, 3.8) is 0 Å². The van der Waals surface area contributed by atoms with Crippen molar-refractivity contribution in [2.24, 2.45) is 0 Å². The Labute approximate surface area is 100 Å². The van der Waals surface area contributed by atoms with Crippen LogP contribution in [0.4, 0.5) is 4.39 Å². The quantitative estimate of drug-likeness (QED) is 0.788. The molecule has 1 nitrogen and oxygen atoms in total. The van der Waals surface area contributed by atoms with Gasteiger partial charge in [0.2, 0.25) is 0 Å². The summed E-state index contributed by atoms with van der Waals surface area (Å²) in [7, 11) is 0. The number of aryl methyl sites for hydroxylation is 1. The van der Waals surface area contributed by atoms with E-state index in [9.17, 15) is 4.39 Å². The Bertz CT molecular complexity index is 545. The van der Waals surface area contributed by atoms with Crippen molar-refractivity contribution in [3.8, 4) is 0 Å². The third-order valence-electron chi connectivity index (χ3n) is 3.34. The van der Waals surface area contributed by atoms with Crippen LogP contribution in [-0.4, -0.2) is 0 Å². The standard InChI is InChI=1S/C15H14FN/c1-10-5-7-11(8-6-10)15-14-12(9-17-15)3-2-4-13(14)16/h2-8,15,17H,9H2,1H3. The molecule has 1 aliphatic rings. The lowest BCUT2D eigenvalue weighted by Crippen LogP contribution is -2.14. The van der Waals surface area contributed by atoms with Crippen LogP contribution in [0, 0.1) is 12.7 Å². The van der Waals surface area contributed by atoms with Gasteiger partial charge in [-0.05, 0) is 24.1 Å². The van der Waals surface area contributed by atoms with Gasteiger partial charge in [-0.2, -0.15) is 0 Å². The van der Waals surface area contributed by atoms with Crippen LogP contribution in [0.25, 0.3) is 0 Å². The smallest absolute Gasteiger partial charge is 0.128 e. The van der Waals surface area contributed by atoms with E-state index in [1.54, 1.807) is 6.07 Å². The minimum absolute atomic E-state index is 0.00759. The van der Waals surface area contributed by atoms with Crippen molar-refractivity contribution in [1.29, 1.82) is 0 Å². The van der Waals surface area contributed by atoms with E-state index in [4.69, 9.17) is 0 Å². The molecule has 0 fully saturated rings. The first kappa shape index (κ1) is 10.5. The molecule has 1 N–H and O–H groups in total. The summed E-state index contributed by atoms with van der Waals surface area (Å²) in [6.07, 6.45) is 0. The molecule has 0 amide bonds. The molecule has 17 heavy (non-hydrogen) atoms. The summed E-state index contributed by atoms with van der Waals surface area (Å²) in [6, 6.07) is 13.5. The highest BCUT2D eigenvalue weighted by molar-refractivity contribution is 5.42. The Hall–Kier alpha value is -1.67. The van der Waals surface area contributed by atoms with Crippen LogP contribution in [0.5, 0.6) is 0 Å². The van der Waals surface area contributed by atoms with E-state index in [0.717, 1.165) is 23.2 Å². The third-order valence-corrected chi connectivity index (χ3v) is 3.34. The fraction of sp³-hybridized carbons (Fsp3) is 0.200. The molecule has 0 aliphatic carbocycles. The molecular formula is C15H14FN. The van der Waals surface area contributed by atoms with E-state index >= 15 is 0 Å². The van der Waals surface area contributed by atoms with Crippen LogP contribution in [0.2, 0.25) is 0 Å². The van der Waals surface area contributed by atoms with Crippen LogP contribution in [0.1, 0.15) is 28.3 Å². The second-order valence-corrected chi connectivity index (χ2v) is 4.54. The highest BCUT2D eigenvalue weighted by atomic mass is 19.1. The van der Waals surface area contributed by atoms with E-state index in [-0.39, 0.29) is 11.9 Å². The molecule has 3 rings (SSSR count). The highest BCUT2D eigenvalue weighted by Crippen LogP contribution is 2.32. The predicted molar refractivity (Wildman–Crippen MR) is 66.3 cm³/mol. The lowest BCUT2D eigenvalue weighted by Gasteiger charge is -2.13. The Kier molecular flexibility index (Phi) is 2.45. The summed E-state index contributed by atoms with van der Waals surface area (Å²) < 4.78 is 13.9. The Morgan fingerprint density at radius 1 is 1.12 bits per heavy atom. The minimum Gasteiger partial charge on any atom is -0.302 e. The molecule has 0 bridgehead atoms. The molecule has 1 aliphatic heterocycles. The first-order valence-corrected chi connectivity index (χ1v) is 5.83. The molecule has 0 spiro atoms. The molecular weight excluding hydrogens is 213 g/mol. The normalized spacial score (nSPS) is 18.1. The number of nitrogens with one attached hydrogen (secondary N) is 1. The van der Waals surface area contributed by atoms with Crippen LogP contribution in [0.15, 0.2) is 42.5 Å². The van der Waals surface area contributed by atoms with Gasteiger partial charge in [0.05, 0.1) is 6.04 Å². The highest BCUT2D eigenvalue weighted by Gasteiger charge is 2.26. The molecule has 2 heteroatoms. The van der Waals surface area contributed by atoms with E-state index in [1.165, 1.54) is 11.6 Å². The Morgan fingerprint density at radius 3 is 2.65 bits per heavy atom. The number of fused-ring (bicyclic) bond motifs is 1. The van der Waals surface area contributed by atoms with Gasteiger partial charge in [0.1, 0.15) is 5.82 Å². The molecule has 86 valence electrons. The van der Waals surface area contributed by atoms with Gasteiger partial charge in [-0.1, -0.05) is 42.0 Å². The Balaban J connectivity index is 2.06. The van der Waals surface area contributed by atoms with Gasteiger partial charge in [0.15, 0.2) is 0 Å². The van der Waals surface area contributed by atoms with Crippen molar-refractivity contribution in [3.05, 3.63) is 70.5 Å². The van der Waals surface area contributed by atoms with Crippen molar-refractivity contribution in [2.45, 2.75) is 19.5 Å². The van der Waals surface area contributed by atoms with Gasteiger partial charge in [-0.25, -0.2) is 4.39 Å². The first-order chi connectivity index (χ1) is 8.25. The van der Waals surface area contributed by atoms with Gasteiger partial charge in [0.25, 0.3) is 0 Å². The summed E-state index contributed by atoms with van der Waals surface area (Å²) in [5.74, 6) is -0.113. The van der Waals surface area contributed by atoms with Gasteiger partial charge in [-0.3, -0.25) is 0 Å². The predicted octanol–water partition coefficient (Wildman–Crippen LogP) is 3.33. The second kappa shape index (κ2) is 3.97.